The number of nitriles is 1. The van der Waals surface area contributed by atoms with Gasteiger partial charge in [-0.05, 0) is 79.4 Å². The summed E-state index contributed by atoms with van der Waals surface area (Å²) in [5.41, 5.74) is 2.11. The minimum Gasteiger partial charge on any atom is -0.300 e. The van der Waals surface area contributed by atoms with E-state index < -0.39 is 0 Å². The maximum atomic E-state index is 11.9. The summed E-state index contributed by atoms with van der Waals surface area (Å²) in [5.74, 6) is 3.56. The molecule has 0 aliphatic heterocycles. The third kappa shape index (κ3) is 2.08. The normalized spacial score (nSPS) is 50.8. The molecule has 23 heavy (non-hydrogen) atoms. The van der Waals surface area contributed by atoms with Gasteiger partial charge in [0.15, 0.2) is 0 Å². The zero-order chi connectivity index (χ0) is 16.2. The zero-order valence-corrected chi connectivity index (χ0v) is 14.6. The standard InChI is InChI=1S/C21H29NO/c1-20-11-8-19-17(18(20)6-4-14(20)9-12-22)5-3-15-13-16(23)7-10-21(15,19)2/h9,15,17-19H,3-8,10-11,13H2,1-2H3/b14-9-/t15-,17?,18-,19-,20?,21?/m0/s1. The molecule has 4 saturated carbocycles. The summed E-state index contributed by atoms with van der Waals surface area (Å²) < 4.78 is 0. The molecule has 0 heterocycles. The lowest BCUT2D eigenvalue weighted by atomic mass is 9.45. The fourth-order valence-electron chi connectivity index (χ4n) is 7.21. The average molecular weight is 311 g/mol. The predicted octanol–water partition coefficient (Wildman–Crippen LogP) is 5.05. The highest BCUT2D eigenvalue weighted by Crippen LogP contribution is 2.67. The molecule has 3 unspecified atom stereocenters. The second-order valence-corrected chi connectivity index (χ2v) is 9.19. The van der Waals surface area contributed by atoms with Gasteiger partial charge in [0.1, 0.15) is 5.78 Å². The van der Waals surface area contributed by atoms with Gasteiger partial charge in [-0.2, -0.15) is 5.26 Å². The van der Waals surface area contributed by atoms with Crippen molar-refractivity contribution in [3.63, 3.8) is 0 Å². The Labute approximate surface area is 140 Å². The van der Waals surface area contributed by atoms with Crippen LogP contribution in [0.5, 0.6) is 0 Å². The Kier molecular flexibility index (Phi) is 3.49. The maximum Gasteiger partial charge on any atom is 0.133 e. The van der Waals surface area contributed by atoms with Gasteiger partial charge in [0, 0.05) is 18.9 Å². The van der Waals surface area contributed by atoms with E-state index in [2.05, 4.69) is 19.9 Å². The monoisotopic (exact) mass is 311 g/mol. The van der Waals surface area contributed by atoms with E-state index in [4.69, 9.17) is 5.26 Å². The number of fused-ring (bicyclic) bond motifs is 5. The minimum absolute atomic E-state index is 0.282. The van der Waals surface area contributed by atoms with Crippen molar-refractivity contribution in [1.29, 1.82) is 5.26 Å². The van der Waals surface area contributed by atoms with Crippen LogP contribution in [-0.2, 0) is 4.79 Å². The third-order valence-corrected chi connectivity index (χ3v) is 8.57. The molecule has 4 aliphatic carbocycles. The molecule has 4 aliphatic rings. The van der Waals surface area contributed by atoms with Gasteiger partial charge in [-0.15, -0.1) is 0 Å². The number of hydrogen-bond donors (Lipinski definition) is 0. The molecule has 0 aromatic rings. The molecule has 124 valence electrons. The first-order chi connectivity index (χ1) is 11.0. The van der Waals surface area contributed by atoms with Gasteiger partial charge in [0.05, 0.1) is 6.07 Å². The van der Waals surface area contributed by atoms with Crippen molar-refractivity contribution in [3.05, 3.63) is 11.6 Å². The number of hydrogen-bond acceptors (Lipinski definition) is 2. The van der Waals surface area contributed by atoms with E-state index in [0.717, 1.165) is 43.4 Å². The summed E-state index contributed by atoms with van der Waals surface area (Å²) >= 11 is 0. The van der Waals surface area contributed by atoms with Crippen molar-refractivity contribution in [1.82, 2.24) is 0 Å². The summed E-state index contributed by atoms with van der Waals surface area (Å²) in [7, 11) is 0. The predicted molar refractivity (Wildman–Crippen MR) is 90.4 cm³/mol. The number of nitrogens with zero attached hydrogens (tertiary/aromatic N) is 1. The van der Waals surface area contributed by atoms with Crippen LogP contribution in [0.3, 0.4) is 0 Å². The molecule has 0 amide bonds. The van der Waals surface area contributed by atoms with Gasteiger partial charge < -0.3 is 0 Å². The van der Waals surface area contributed by atoms with Crippen molar-refractivity contribution in [2.45, 2.75) is 71.6 Å². The van der Waals surface area contributed by atoms with Crippen LogP contribution >= 0.6 is 0 Å². The number of Topliss-reactive ketones (excluding diaryl/α,β-unsaturated/α-hetero) is 1. The van der Waals surface area contributed by atoms with Crippen LogP contribution in [0.1, 0.15) is 71.6 Å². The lowest BCUT2D eigenvalue weighted by molar-refractivity contribution is -0.136. The average Bonchev–Trinajstić information content (AvgIpc) is 2.85. The topological polar surface area (TPSA) is 40.9 Å². The highest BCUT2D eigenvalue weighted by Gasteiger charge is 2.58. The summed E-state index contributed by atoms with van der Waals surface area (Å²) in [6.45, 7) is 4.94. The molecule has 0 N–H and O–H groups in total. The Morgan fingerprint density at radius 2 is 1.91 bits per heavy atom. The van der Waals surface area contributed by atoms with Gasteiger partial charge in [-0.1, -0.05) is 19.4 Å². The minimum atomic E-state index is 0.282. The molecule has 0 bridgehead atoms. The largest absolute Gasteiger partial charge is 0.300 e. The SMILES string of the molecule is CC12CC[C@H]3C(CC[C@H]4CC(=O)CCC43C)[C@@H]1CC/C2=C/C#N. The lowest BCUT2D eigenvalue weighted by Gasteiger charge is -2.59. The van der Waals surface area contributed by atoms with Crippen LogP contribution in [0.25, 0.3) is 0 Å². The molecule has 0 spiro atoms. The summed E-state index contributed by atoms with van der Waals surface area (Å²) in [4.78, 5) is 11.9. The molecule has 4 rings (SSSR count). The van der Waals surface area contributed by atoms with Crippen molar-refractivity contribution >= 4 is 5.78 Å². The van der Waals surface area contributed by atoms with Gasteiger partial charge >= 0.3 is 0 Å². The smallest absolute Gasteiger partial charge is 0.133 e. The Bertz CT molecular complexity index is 599. The summed E-state index contributed by atoms with van der Waals surface area (Å²) in [6, 6.07) is 2.30. The molecule has 4 fully saturated rings. The van der Waals surface area contributed by atoms with Crippen molar-refractivity contribution in [2.24, 2.45) is 34.5 Å². The van der Waals surface area contributed by atoms with Crippen molar-refractivity contribution < 1.29 is 4.79 Å². The Balaban J connectivity index is 1.64. The van der Waals surface area contributed by atoms with Gasteiger partial charge in [0.2, 0.25) is 0 Å². The van der Waals surface area contributed by atoms with Crippen molar-refractivity contribution in [2.75, 3.05) is 0 Å². The molecule has 0 aromatic carbocycles. The van der Waals surface area contributed by atoms with Gasteiger partial charge in [-0.25, -0.2) is 0 Å². The number of carbonyl (C=O) groups excluding carboxylic acids is 1. The van der Waals surface area contributed by atoms with Crippen LogP contribution in [-0.4, -0.2) is 5.78 Å². The maximum absolute atomic E-state index is 11.9. The molecular formula is C21H29NO. The van der Waals surface area contributed by atoms with E-state index in [1.165, 1.54) is 37.7 Å². The first kappa shape index (κ1) is 15.4. The van der Waals surface area contributed by atoms with Crippen LogP contribution in [0.15, 0.2) is 11.6 Å². The molecule has 6 atom stereocenters. The molecule has 0 aromatic heterocycles. The van der Waals surface area contributed by atoms with Crippen LogP contribution in [0.2, 0.25) is 0 Å². The second-order valence-electron chi connectivity index (χ2n) is 9.19. The van der Waals surface area contributed by atoms with Gasteiger partial charge in [0.25, 0.3) is 0 Å². The fraction of sp³-hybridized carbons (Fsp3) is 0.810. The third-order valence-electron chi connectivity index (χ3n) is 8.57. The second kappa shape index (κ2) is 5.20. The highest BCUT2D eigenvalue weighted by molar-refractivity contribution is 5.79. The van der Waals surface area contributed by atoms with E-state index in [1.54, 1.807) is 0 Å². The number of rotatable bonds is 0. The van der Waals surface area contributed by atoms with Crippen LogP contribution in [0, 0.1) is 45.8 Å². The van der Waals surface area contributed by atoms with E-state index in [-0.39, 0.29) is 5.41 Å². The molecule has 0 radical (unpaired) electrons. The Hall–Kier alpha value is -1.10. The lowest BCUT2D eigenvalue weighted by Crippen LogP contribution is -2.52. The van der Waals surface area contributed by atoms with Crippen LogP contribution in [0.4, 0.5) is 0 Å². The molecule has 2 nitrogen and oxygen atoms in total. The molecular weight excluding hydrogens is 282 g/mol. The number of carbonyl (C=O) groups is 1. The fourth-order valence-corrected chi connectivity index (χ4v) is 7.21. The van der Waals surface area contributed by atoms with Gasteiger partial charge in [-0.3, -0.25) is 4.79 Å². The zero-order valence-electron chi connectivity index (χ0n) is 14.6. The van der Waals surface area contributed by atoms with E-state index in [0.29, 0.717) is 17.1 Å². The quantitative estimate of drug-likeness (QED) is 0.587. The molecule has 2 heteroatoms. The van der Waals surface area contributed by atoms with E-state index in [9.17, 15) is 4.79 Å². The van der Waals surface area contributed by atoms with E-state index in [1.807, 2.05) is 6.08 Å². The first-order valence-corrected chi connectivity index (χ1v) is 9.60. The summed E-state index contributed by atoms with van der Waals surface area (Å²) in [6.07, 6.45) is 12.2. The van der Waals surface area contributed by atoms with Crippen molar-refractivity contribution in [3.8, 4) is 6.07 Å². The number of allylic oxidation sites excluding steroid dienone is 2. The Morgan fingerprint density at radius 1 is 1.09 bits per heavy atom. The Morgan fingerprint density at radius 3 is 2.70 bits per heavy atom. The first-order valence-electron chi connectivity index (χ1n) is 9.60. The highest BCUT2D eigenvalue weighted by atomic mass is 16.1. The molecule has 0 saturated heterocycles. The number of ketones is 1. The van der Waals surface area contributed by atoms with Crippen LogP contribution < -0.4 is 0 Å². The van der Waals surface area contributed by atoms with E-state index >= 15 is 0 Å². The summed E-state index contributed by atoms with van der Waals surface area (Å²) in [5, 5.41) is 9.13.